The van der Waals surface area contributed by atoms with Crippen molar-refractivity contribution in [3.63, 3.8) is 0 Å². The Morgan fingerprint density at radius 3 is 2.23 bits per heavy atom. The van der Waals surface area contributed by atoms with Crippen molar-refractivity contribution < 1.29 is 58.0 Å². The van der Waals surface area contributed by atoms with Crippen LogP contribution in [0.1, 0.15) is 102 Å². The predicted octanol–water partition coefficient (Wildman–Crippen LogP) is 4.46. The maximum atomic E-state index is 14.6. The first-order valence-corrected chi connectivity index (χ1v) is 21.9. The lowest BCUT2D eigenvalue weighted by Crippen LogP contribution is -2.69. The van der Waals surface area contributed by atoms with Gasteiger partial charge in [-0.3, -0.25) is 4.79 Å². The third kappa shape index (κ3) is 11.0. The number of para-hydroxylation sites is 1. The third-order valence-electron chi connectivity index (χ3n) is 13.9. The number of cyclic esters (lactones) is 1. The van der Waals surface area contributed by atoms with E-state index in [1.807, 2.05) is 39.8 Å². The molecule has 0 spiro atoms. The molecule has 0 aromatic heterocycles. The number of likely N-dealkylation sites (N-methyl/N-ethyl adjacent to an activating group) is 1. The molecule has 15 heteroatoms. The average molecular weight is 856 g/mol. The lowest BCUT2D eigenvalue weighted by Gasteiger charge is -2.53. The molecule has 3 fully saturated rings. The van der Waals surface area contributed by atoms with E-state index in [9.17, 15) is 29.6 Å². The molecule has 3 aliphatic rings. The van der Waals surface area contributed by atoms with Crippen molar-refractivity contribution in [2.24, 2.45) is 23.2 Å². The summed E-state index contributed by atoms with van der Waals surface area (Å²) in [6.45, 7) is 20.6. The molecule has 60 heavy (non-hydrogen) atoms. The first-order chi connectivity index (χ1) is 27.8. The van der Waals surface area contributed by atoms with Gasteiger partial charge in [0.15, 0.2) is 12.6 Å². The highest BCUT2D eigenvalue weighted by atomic mass is 19.1. The number of carbonyl (C=O) groups excluding carboxylic acids is 1. The summed E-state index contributed by atoms with van der Waals surface area (Å²) in [6, 6.07) is 5.87. The van der Waals surface area contributed by atoms with E-state index in [2.05, 4.69) is 31.4 Å². The second-order valence-corrected chi connectivity index (χ2v) is 19.5. The minimum atomic E-state index is -1.78. The second-order valence-electron chi connectivity index (χ2n) is 19.5. The fraction of sp³-hybridized carbons (Fsp3) is 0.844. The summed E-state index contributed by atoms with van der Waals surface area (Å²) < 4.78 is 53.5. The van der Waals surface area contributed by atoms with Gasteiger partial charge < -0.3 is 64.4 Å². The fourth-order valence-corrected chi connectivity index (χ4v) is 9.92. The molecule has 3 heterocycles. The van der Waals surface area contributed by atoms with E-state index < -0.39 is 101 Å². The third-order valence-corrected chi connectivity index (χ3v) is 13.9. The van der Waals surface area contributed by atoms with Gasteiger partial charge in [-0.05, 0) is 98.4 Å². The number of rotatable bonds is 10. The summed E-state index contributed by atoms with van der Waals surface area (Å²) in [4.78, 5) is 16.4. The number of hydrogen-bond acceptors (Lipinski definition) is 14. The van der Waals surface area contributed by atoms with Gasteiger partial charge in [-0.15, -0.1) is 0 Å². The van der Waals surface area contributed by atoms with Crippen molar-refractivity contribution in [3.8, 4) is 0 Å². The van der Waals surface area contributed by atoms with Gasteiger partial charge in [-0.2, -0.15) is 0 Å². The number of aliphatic hydroxyl groups excluding tert-OH is 2. The molecule has 3 aliphatic heterocycles. The Kier molecular flexibility index (Phi) is 17.1. The number of nitrogens with zero attached hydrogens (tertiary/aromatic N) is 1. The van der Waals surface area contributed by atoms with Crippen LogP contribution in [0.25, 0.3) is 0 Å². The van der Waals surface area contributed by atoms with Crippen LogP contribution in [0, 0.1) is 29.0 Å². The SMILES string of the molecule is CC[C@H]1OC(=O)[C@H](C)[C@H](O[C@@H]2C[C@](C)(OC)[C@@](O)(CNc3ccccc3F)[C@H](C)O2)[C@H](C)[C@@H](O[C@@H]2O[C@H](C)C[C@H](N(C)C)[C@H]2O)C(C)(C)C[C@@H](C)NC[C@H](C)[C@@H](O)[C@]1(C)O. The maximum absolute atomic E-state index is 14.6. The molecule has 0 saturated carbocycles. The summed E-state index contributed by atoms with van der Waals surface area (Å²) in [5.74, 6) is -3.10. The molecule has 0 amide bonds. The van der Waals surface area contributed by atoms with Crippen molar-refractivity contribution in [3.05, 3.63) is 30.1 Å². The molecule has 4 rings (SSSR count). The largest absolute Gasteiger partial charge is 0.459 e. The number of nitrogens with one attached hydrogen (secondary N) is 2. The van der Waals surface area contributed by atoms with E-state index in [-0.39, 0.29) is 43.3 Å². The van der Waals surface area contributed by atoms with Gasteiger partial charge in [0.25, 0.3) is 0 Å². The van der Waals surface area contributed by atoms with E-state index in [0.717, 1.165) is 0 Å². The highest BCUT2D eigenvalue weighted by Crippen LogP contribution is 2.45. The molecule has 6 N–H and O–H groups in total. The van der Waals surface area contributed by atoms with E-state index in [0.29, 0.717) is 19.4 Å². The van der Waals surface area contributed by atoms with Crippen LogP contribution in [-0.2, 0) is 33.2 Å². The van der Waals surface area contributed by atoms with Gasteiger partial charge in [-0.25, -0.2) is 4.39 Å². The van der Waals surface area contributed by atoms with Crippen molar-refractivity contribution in [2.45, 2.75) is 186 Å². The Bertz CT molecular complexity index is 1540. The standard InChI is InChI=1S/C45H78FN3O11/c1-15-34-44(11,53)38(51)25(2)23-47-26(3)21-42(8,9)39(60-41-36(50)33(49(12)13)20-27(4)56-41)28(5)37(29(6)40(52)58-34)59-35-22-43(10,55-14)45(54,30(7)57-35)24-48-32-19-17-16-18-31(32)46/h16-19,25-30,33-39,41,47-48,50-51,53-54H,15,20-24H2,1-14H3/t25-,26+,27+,28-,29+,30-,33-,34+,35+,36+,37+,38+,39+,41-,43-,44+,45+/m0/s1. The summed E-state index contributed by atoms with van der Waals surface area (Å²) in [6.07, 6.45) is -6.63. The Hall–Kier alpha value is -2.02. The smallest absolute Gasteiger partial charge is 0.311 e. The van der Waals surface area contributed by atoms with Gasteiger partial charge in [-0.1, -0.05) is 46.8 Å². The second kappa shape index (κ2) is 20.2. The van der Waals surface area contributed by atoms with Gasteiger partial charge in [0.2, 0.25) is 0 Å². The number of esters is 1. The highest BCUT2D eigenvalue weighted by Gasteiger charge is 2.58. The number of hydrogen-bond donors (Lipinski definition) is 6. The summed E-state index contributed by atoms with van der Waals surface area (Å²) in [7, 11) is 5.32. The molecule has 3 saturated heterocycles. The average Bonchev–Trinajstić information content (AvgIpc) is 3.18. The zero-order valence-electron chi connectivity index (χ0n) is 38.6. The number of ether oxygens (including phenoxy) is 6. The summed E-state index contributed by atoms with van der Waals surface area (Å²) in [5.41, 5.74) is -5.15. The van der Waals surface area contributed by atoms with E-state index >= 15 is 0 Å². The number of anilines is 1. The van der Waals surface area contributed by atoms with Crippen molar-refractivity contribution in [1.82, 2.24) is 10.2 Å². The molecule has 1 aromatic rings. The lowest BCUT2D eigenvalue weighted by molar-refractivity contribution is -0.333. The summed E-state index contributed by atoms with van der Waals surface area (Å²) >= 11 is 0. The van der Waals surface area contributed by atoms with Crippen LogP contribution in [0.4, 0.5) is 10.1 Å². The van der Waals surface area contributed by atoms with Gasteiger partial charge in [0.05, 0.1) is 42.1 Å². The predicted molar refractivity (Wildman–Crippen MR) is 227 cm³/mol. The fourth-order valence-electron chi connectivity index (χ4n) is 9.92. The van der Waals surface area contributed by atoms with Crippen LogP contribution >= 0.6 is 0 Å². The first kappa shape index (κ1) is 50.6. The van der Waals surface area contributed by atoms with Crippen LogP contribution in [0.2, 0.25) is 0 Å². The van der Waals surface area contributed by atoms with E-state index in [4.69, 9.17) is 28.4 Å². The zero-order chi connectivity index (χ0) is 45.1. The first-order valence-electron chi connectivity index (χ1n) is 21.9. The van der Waals surface area contributed by atoms with Crippen LogP contribution in [-0.4, -0.2) is 150 Å². The Labute approximate surface area is 358 Å². The zero-order valence-corrected chi connectivity index (χ0v) is 38.6. The molecule has 0 bridgehead atoms. The minimum absolute atomic E-state index is 0.0208. The van der Waals surface area contributed by atoms with Crippen molar-refractivity contribution in [1.29, 1.82) is 0 Å². The molecule has 0 aliphatic carbocycles. The molecule has 14 nitrogen and oxygen atoms in total. The lowest BCUT2D eigenvalue weighted by atomic mass is 9.72. The van der Waals surface area contributed by atoms with Crippen LogP contribution < -0.4 is 10.6 Å². The van der Waals surface area contributed by atoms with E-state index in [1.165, 1.54) is 20.1 Å². The Morgan fingerprint density at radius 1 is 0.983 bits per heavy atom. The van der Waals surface area contributed by atoms with Crippen LogP contribution in [0.5, 0.6) is 0 Å². The van der Waals surface area contributed by atoms with Gasteiger partial charge in [0, 0.05) is 44.6 Å². The molecular formula is C45H78FN3O11. The maximum Gasteiger partial charge on any atom is 0.311 e. The van der Waals surface area contributed by atoms with Gasteiger partial charge >= 0.3 is 5.97 Å². The Balaban J connectivity index is 1.79. The highest BCUT2D eigenvalue weighted by molar-refractivity contribution is 5.73. The number of carbonyl (C=O) groups is 1. The quantitative estimate of drug-likeness (QED) is 0.182. The monoisotopic (exact) mass is 856 g/mol. The minimum Gasteiger partial charge on any atom is -0.459 e. The van der Waals surface area contributed by atoms with Crippen molar-refractivity contribution >= 4 is 11.7 Å². The number of methoxy groups -OCH3 is 1. The number of benzene rings is 1. The summed E-state index contributed by atoms with van der Waals surface area (Å²) in [5, 5.41) is 53.8. The number of halogens is 1. The van der Waals surface area contributed by atoms with Gasteiger partial charge in [0.1, 0.15) is 34.8 Å². The normalized spacial score (nSPS) is 43.8. The molecule has 17 atom stereocenters. The molecule has 0 unspecified atom stereocenters. The van der Waals surface area contributed by atoms with E-state index in [1.54, 1.807) is 45.9 Å². The Morgan fingerprint density at radius 2 is 1.63 bits per heavy atom. The topological polar surface area (TPSA) is 181 Å². The molecule has 1 aromatic carbocycles. The van der Waals surface area contributed by atoms with Crippen LogP contribution in [0.15, 0.2) is 24.3 Å². The molecule has 0 radical (unpaired) electrons. The number of aliphatic hydroxyl groups is 4. The molecular weight excluding hydrogens is 778 g/mol. The molecule has 346 valence electrons. The van der Waals surface area contributed by atoms with Crippen LogP contribution in [0.3, 0.4) is 0 Å². The van der Waals surface area contributed by atoms with Crippen molar-refractivity contribution in [2.75, 3.05) is 39.6 Å².